The largest absolute Gasteiger partial charge is 0.387 e. The Morgan fingerprint density at radius 2 is 1.51 bits per heavy atom. The van der Waals surface area contributed by atoms with E-state index in [1.165, 1.54) is 81.4 Å². The van der Waals surface area contributed by atoms with Gasteiger partial charge >= 0.3 is 0 Å². The van der Waals surface area contributed by atoms with Gasteiger partial charge in [0, 0.05) is 6.42 Å². The third-order valence-corrected chi connectivity index (χ3v) is 7.33. The number of hydrogen-bond acceptors (Lipinski definition) is 8. The van der Waals surface area contributed by atoms with Crippen LogP contribution in [0.3, 0.4) is 0 Å². The Morgan fingerprint density at radius 3 is 2.11 bits per heavy atom. The summed E-state index contributed by atoms with van der Waals surface area (Å²) in [6, 6.07) is 0. The minimum Gasteiger partial charge on any atom is -0.387 e. The van der Waals surface area contributed by atoms with Crippen LogP contribution in [-0.4, -0.2) is 65.0 Å². The van der Waals surface area contributed by atoms with E-state index in [4.69, 9.17) is 4.74 Å². The van der Waals surface area contributed by atoms with Crippen LogP contribution in [0.5, 0.6) is 0 Å². The fraction of sp³-hybridized carbons (Fsp3) is 0.778. The zero-order chi connectivity index (χ0) is 26.6. The zero-order valence-electron chi connectivity index (χ0n) is 22.1. The average Bonchev–Trinajstić information content (AvgIpc) is 3.45. The number of fused-ring (bicyclic) bond motifs is 1. The van der Waals surface area contributed by atoms with Crippen molar-refractivity contribution in [2.75, 3.05) is 0 Å². The molecule has 4 N–H and O–H groups in total. The number of aliphatic hydroxyl groups excluding tert-OH is 3. The number of carbonyl (C=O) groups is 1. The maximum atomic E-state index is 12.6. The molecule has 10 heteroatoms. The highest BCUT2D eigenvalue weighted by Gasteiger charge is 2.48. The Balaban J connectivity index is 1.31. The van der Waals surface area contributed by atoms with Gasteiger partial charge in [-0.2, -0.15) is 0 Å². The monoisotopic (exact) mass is 520 g/mol. The maximum Gasteiger partial charge on any atom is 0.278 e. The first-order valence-corrected chi connectivity index (χ1v) is 14.1. The van der Waals surface area contributed by atoms with E-state index in [0.29, 0.717) is 6.42 Å². The molecular formula is C27H44N4O6. The van der Waals surface area contributed by atoms with Crippen LogP contribution in [0.4, 0.5) is 0 Å². The summed E-state index contributed by atoms with van der Waals surface area (Å²) in [7, 11) is 0. The lowest BCUT2D eigenvalue weighted by Gasteiger charge is -2.20. The number of Topliss-reactive ketones (excluding diaryl/α,β-unsaturated/α-hetero) is 1. The van der Waals surface area contributed by atoms with Crippen LogP contribution in [0, 0.1) is 0 Å². The molecule has 0 aromatic carbocycles. The number of imidazole rings is 1. The van der Waals surface area contributed by atoms with Crippen LogP contribution in [0.15, 0.2) is 17.4 Å². The molecule has 0 bridgehead atoms. The first-order chi connectivity index (χ1) is 18.0. The molecule has 1 unspecified atom stereocenters. The molecule has 1 fully saturated rings. The molecule has 3 heterocycles. The highest BCUT2D eigenvalue weighted by Crippen LogP contribution is 2.33. The number of ether oxygens (including phenoxy) is 1. The molecule has 0 saturated carbocycles. The molecule has 2 aromatic heterocycles. The third-order valence-electron chi connectivity index (χ3n) is 7.33. The number of H-pyrrole nitrogens is 1. The zero-order valence-corrected chi connectivity index (χ0v) is 22.1. The van der Waals surface area contributed by atoms with Crippen molar-refractivity contribution in [2.24, 2.45) is 0 Å². The number of aromatic amines is 1. The highest BCUT2D eigenvalue weighted by molar-refractivity contribution is 5.83. The van der Waals surface area contributed by atoms with Crippen molar-refractivity contribution in [3.63, 3.8) is 0 Å². The molecule has 10 nitrogen and oxygen atoms in total. The van der Waals surface area contributed by atoms with E-state index in [2.05, 4.69) is 21.9 Å². The number of nitrogens with one attached hydrogen (secondary N) is 1. The Labute approximate surface area is 218 Å². The molecular weight excluding hydrogens is 476 g/mol. The van der Waals surface area contributed by atoms with E-state index in [-0.39, 0.29) is 17.6 Å². The Kier molecular flexibility index (Phi) is 12.2. The van der Waals surface area contributed by atoms with E-state index in [1.807, 2.05) is 0 Å². The maximum absolute atomic E-state index is 12.6. The molecule has 5 atom stereocenters. The van der Waals surface area contributed by atoms with Gasteiger partial charge in [-0.3, -0.25) is 14.2 Å². The van der Waals surface area contributed by atoms with Crippen molar-refractivity contribution in [3.05, 3.63) is 23.0 Å². The van der Waals surface area contributed by atoms with Crippen molar-refractivity contribution >= 4 is 16.9 Å². The number of ketones is 1. The lowest BCUT2D eigenvalue weighted by molar-refractivity contribution is -0.141. The fourth-order valence-electron chi connectivity index (χ4n) is 5.05. The van der Waals surface area contributed by atoms with Crippen molar-refractivity contribution < 1.29 is 24.9 Å². The van der Waals surface area contributed by atoms with Crippen LogP contribution in [0.1, 0.15) is 109 Å². The van der Waals surface area contributed by atoms with E-state index < -0.39 is 42.0 Å². The minimum atomic E-state index is -1.55. The predicted molar refractivity (Wildman–Crippen MR) is 140 cm³/mol. The molecule has 0 amide bonds. The SMILES string of the molecule is CCCCCCCCCCCCCCCCC(=O)C(O)[C@H]1O[C@@H](n2cnc3c(=O)[nH]cnc32)[C@H](O)[C@@H]1O. The highest BCUT2D eigenvalue weighted by atomic mass is 16.6. The first kappa shape index (κ1) is 29.4. The number of aromatic nitrogens is 4. The summed E-state index contributed by atoms with van der Waals surface area (Å²) in [4.78, 5) is 34.9. The van der Waals surface area contributed by atoms with Gasteiger partial charge in [-0.25, -0.2) is 9.97 Å². The van der Waals surface area contributed by atoms with Gasteiger partial charge in [0.05, 0.1) is 12.7 Å². The number of aliphatic hydroxyl groups is 3. The lowest BCUT2D eigenvalue weighted by atomic mass is 9.98. The minimum absolute atomic E-state index is 0.0608. The van der Waals surface area contributed by atoms with E-state index in [0.717, 1.165) is 19.3 Å². The van der Waals surface area contributed by atoms with Crippen molar-refractivity contribution in [1.82, 2.24) is 19.5 Å². The number of nitrogens with zero attached hydrogens (tertiary/aromatic N) is 3. The number of rotatable bonds is 18. The van der Waals surface area contributed by atoms with Crippen molar-refractivity contribution in [1.29, 1.82) is 0 Å². The average molecular weight is 521 g/mol. The second kappa shape index (κ2) is 15.3. The molecule has 1 saturated heterocycles. The molecule has 2 aromatic rings. The van der Waals surface area contributed by atoms with Gasteiger partial charge in [0.15, 0.2) is 23.2 Å². The van der Waals surface area contributed by atoms with Gasteiger partial charge in [0.1, 0.15) is 24.4 Å². The topological polar surface area (TPSA) is 151 Å². The van der Waals surface area contributed by atoms with Gasteiger partial charge in [-0.05, 0) is 6.42 Å². The summed E-state index contributed by atoms with van der Waals surface area (Å²) in [5.41, 5.74) is -0.216. The van der Waals surface area contributed by atoms with Gasteiger partial charge in [0.2, 0.25) is 0 Å². The first-order valence-electron chi connectivity index (χ1n) is 14.1. The van der Waals surface area contributed by atoms with Crippen molar-refractivity contribution in [3.8, 4) is 0 Å². The van der Waals surface area contributed by atoms with Crippen LogP contribution in [0.25, 0.3) is 11.2 Å². The number of hydrogen-bond donors (Lipinski definition) is 4. The van der Waals surface area contributed by atoms with Crippen LogP contribution >= 0.6 is 0 Å². The standard InChI is InChI=1S/C27H44N4O6/c1-2-3-4-5-6-7-8-9-10-11-12-13-14-15-16-19(32)21(33)24-22(34)23(35)27(37-24)31-18-30-20-25(31)28-17-29-26(20)36/h17-18,21-24,27,33-35H,2-16H2,1H3,(H,28,29,36)/t21?,22-,23+,24+,27+/m0/s1. The van der Waals surface area contributed by atoms with E-state index >= 15 is 0 Å². The van der Waals surface area contributed by atoms with Crippen molar-refractivity contribution in [2.45, 2.75) is 134 Å². The Bertz CT molecular complexity index is 1010. The Morgan fingerprint density at radius 1 is 0.946 bits per heavy atom. The smallest absolute Gasteiger partial charge is 0.278 e. The van der Waals surface area contributed by atoms with Crippen LogP contribution in [-0.2, 0) is 9.53 Å². The second-order valence-corrected chi connectivity index (χ2v) is 10.3. The molecule has 0 spiro atoms. The summed E-state index contributed by atoms with van der Waals surface area (Å²) in [5, 5.41) is 31.5. The summed E-state index contributed by atoms with van der Waals surface area (Å²) in [5.74, 6) is -0.416. The summed E-state index contributed by atoms with van der Waals surface area (Å²) in [6.45, 7) is 2.24. The summed E-state index contributed by atoms with van der Waals surface area (Å²) >= 11 is 0. The molecule has 1 aliphatic rings. The second-order valence-electron chi connectivity index (χ2n) is 10.3. The molecule has 3 rings (SSSR count). The normalized spacial score (nSPS) is 22.6. The van der Waals surface area contributed by atoms with Gasteiger partial charge in [0.25, 0.3) is 5.56 Å². The Hall–Kier alpha value is -2.14. The molecule has 1 aliphatic heterocycles. The molecule has 208 valence electrons. The predicted octanol–water partition coefficient (Wildman–Crippen LogP) is 3.54. The fourth-order valence-corrected chi connectivity index (χ4v) is 5.05. The van der Waals surface area contributed by atoms with Crippen LogP contribution in [0.2, 0.25) is 0 Å². The van der Waals surface area contributed by atoms with Gasteiger partial charge in [-0.1, -0.05) is 90.4 Å². The van der Waals surface area contributed by atoms with Gasteiger partial charge < -0.3 is 25.0 Å². The molecule has 37 heavy (non-hydrogen) atoms. The quantitative estimate of drug-likeness (QED) is 0.218. The summed E-state index contributed by atoms with van der Waals surface area (Å²) in [6.07, 6.45) is 12.8. The van der Waals surface area contributed by atoms with E-state index in [9.17, 15) is 24.9 Å². The van der Waals surface area contributed by atoms with E-state index in [1.54, 1.807) is 0 Å². The van der Waals surface area contributed by atoms with Gasteiger partial charge in [-0.15, -0.1) is 0 Å². The molecule has 0 aliphatic carbocycles. The number of unbranched alkanes of at least 4 members (excludes halogenated alkanes) is 13. The van der Waals surface area contributed by atoms with Crippen LogP contribution < -0.4 is 5.56 Å². The number of carbonyl (C=O) groups excluding carboxylic acids is 1. The summed E-state index contributed by atoms with van der Waals surface area (Å²) < 4.78 is 7.01. The molecule has 0 radical (unpaired) electrons. The third kappa shape index (κ3) is 8.17. The lowest BCUT2D eigenvalue weighted by Crippen LogP contribution is -2.42.